The summed E-state index contributed by atoms with van der Waals surface area (Å²) in [6, 6.07) is 3.67. The Hall–Kier alpha value is -3.14. The number of methoxy groups -OCH3 is 1. The number of aldehydes is 1. The number of amides is 3. The summed E-state index contributed by atoms with van der Waals surface area (Å²) < 4.78 is 10.6. The van der Waals surface area contributed by atoms with Gasteiger partial charge in [-0.3, -0.25) is 14.4 Å². The van der Waals surface area contributed by atoms with Gasteiger partial charge in [-0.25, -0.2) is 0 Å². The van der Waals surface area contributed by atoms with Crippen molar-refractivity contribution < 1.29 is 28.7 Å². The molecular formula is C25H38N4O6. The first-order valence-electron chi connectivity index (χ1n) is 11.9. The van der Waals surface area contributed by atoms with E-state index < -0.39 is 17.5 Å². The number of nitrogens with two attached hydrogens (primary N) is 1. The lowest BCUT2D eigenvalue weighted by Crippen LogP contribution is -2.56. The number of hydrogen-bond acceptors (Lipinski definition) is 7. The molecule has 0 unspecified atom stereocenters. The number of carbonyl (C=O) groups is 4. The molecule has 2 rings (SSSR count). The third-order valence-corrected chi connectivity index (χ3v) is 5.89. The Morgan fingerprint density at radius 3 is 2.66 bits per heavy atom. The number of anilines is 1. The predicted octanol–water partition coefficient (Wildman–Crippen LogP) is 1.52. The van der Waals surface area contributed by atoms with E-state index in [-0.39, 0.29) is 24.3 Å². The number of likely N-dealkylation sites (tertiary alicyclic amines) is 1. The van der Waals surface area contributed by atoms with Crippen molar-refractivity contribution in [3.8, 4) is 5.75 Å². The van der Waals surface area contributed by atoms with Gasteiger partial charge in [-0.15, -0.1) is 0 Å². The zero-order valence-corrected chi connectivity index (χ0v) is 21.1. The molecule has 4 N–H and O–H groups in total. The minimum absolute atomic E-state index is 0.172. The molecule has 0 radical (unpaired) electrons. The summed E-state index contributed by atoms with van der Waals surface area (Å²) in [5.41, 5.74) is 6.16. The average molecular weight is 491 g/mol. The minimum atomic E-state index is -0.749. The molecule has 1 aromatic carbocycles. The molecule has 0 bridgehead atoms. The van der Waals surface area contributed by atoms with Crippen molar-refractivity contribution in [2.75, 3.05) is 39.1 Å². The Balaban J connectivity index is 1.70. The van der Waals surface area contributed by atoms with Gasteiger partial charge in [0.05, 0.1) is 18.8 Å². The first-order chi connectivity index (χ1) is 16.6. The van der Waals surface area contributed by atoms with Gasteiger partial charge >= 0.3 is 0 Å². The molecule has 1 saturated heterocycles. The van der Waals surface area contributed by atoms with Gasteiger partial charge in [0, 0.05) is 25.3 Å². The highest BCUT2D eigenvalue weighted by Gasteiger charge is 2.39. The van der Waals surface area contributed by atoms with Gasteiger partial charge < -0.3 is 35.5 Å². The molecule has 1 aliphatic heterocycles. The molecule has 2 atom stereocenters. The van der Waals surface area contributed by atoms with Gasteiger partial charge in [0.25, 0.3) is 5.91 Å². The Morgan fingerprint density at radius 1 is 1.26 bits per heavy atom. The van der Waals surface area contributed by atoms with Crippen LogP contribution in [0.2, 0.25) is 0 Å². The molecule has 0 aliphatic carbocycles. The van der Waals surface area contributed by atoms with Crippen molar-refractivity contribution in [1.29, 1.82) is 0 Å². The van der Waals surface area contributed by atoms with Crippen LogP contribution in [-0.2, 0) is 19.1 Å². The van der Waals surface area contributed by atoms with Crippen molar-refractivity contribution >= 4 is 29.7 Å². The van der Waals surface area contributed by atoms with E-state index in [1.807, 2.05) is 20.8 Å². The Bertz CT molecular complexity index is 898. The normalized spacial score (nSPS) is 16.5. The molecule has 3 amide bonds. The molecule has 1 aromatic rings. The number of unbranched alkanes of at least 4 members (excludes halogenated alkanes) is 1. The number of rotatable bonds is 12. The van der Waals surface area contributed by atoms with Crippen LogP contribution in [0.25, 0.3) is 0 Å². The highest BCUT2D eigenvalue weighted by molar-refractivity contribution is 5.95. The number of hydrogen-bond donors (Lipinski definition) is 3. The summed E-state index contributed by atoms with van der Waals surface area (Å²) in [4.78, 5) is 50.5. The molecule has 10 heteroatoms. The Labute approximate surface area is 206 Å². The first-order valence-corrected chi connectivity index (χ1v) is 11.9. The second kappa shape index (κ2) is 13.1. The molecule has 1 heterocycles. The van der Waals surface area contributed by atoms with Crippen LogP contribution in [0.3, 0.4) is 0 Å². The lowest BCUT2D eigenvalue weighted by atomic mass is 9.85. The van der Waals surface area contributed by atoms with Gasteiger partial charge in [-0.1, -0.05) is 20.8 Å². The predicted molar refractivity (Wildman–Crippen MR) is 132 cm³/mol. The van der Waals surface area contributed by atoms with E-state index in [1.54, 1.807) is 23.1 Å². The summed E-state index contributed by atoms with van der Waals surface area (Å²) in [7, 11) is 1.49. The van der Waals surface area contributed by atoms with Crippen LogP contribution in [-0.4, -0.2) is 74.4 Å². The Morgan fingerprint density at radius 2 is 2.00 bits per heavy atom. The number of carbonyl (C=O) groups excluding carboxylic acids is 4. The average Bonchev–Trinajstić information content (AvgIpc) is 3.30. The van der Waals surface area contributed by atoms with Gasteiger partial charge in [-0.05, 0) is 49.3 Å². The lowest BCUT2D eigenvalue weighted by molar-refractivity contribution is -0.142. The lowest BCUT2D eigenvalue weighted by Gasteiger charge is -2.34. The second-order valence-electron chi connectivity index (χ2n) is 9.72. The van der Waals surface area contributed by atoms with E-state index in [1.165, 1.54) is 7.11 Å². The summed E-state index contributed by atoms with van der Waals surface area (Å²) >= 11 is 0. The molecule has 35 heavy (non-hydrogen) atoms. The second-order valence-corrected chi connectivity index (χ2v) is 9.72. The Kier molecular flexibility index (Phi) is 10.5. The fraction of sp³-hybridized carbons (Fsp3) is 0.600. The monoisotopic (exact) mass is 490 g/mol. The summed E-state index contributed by atoms with van der Waals surface area (Å²) in [5, 5.41) is 5.60. The minimum Gasteiger partial charge on any atom is -0.495 e. The van der Waals surface area contributed by atoms with E-state index in [9.17, 15) is 19.2 Å². The summed E-state index contributed by atoms with van der Waals surface area (Å²) in [5.74, 6) is -0.402. The number of nitrogens with zero attached hydrogens (tertiary/aromatic N) is 1. The van der Waals surface area contributed by atoms with E-state index in [2.05, 4.69) is 10.6 Å². The quantitative estimate of drug-likeness (QED) is 0.229. The van der Waals surface area contributed by atoms with Crippen molar-refractivity contribution in [2.45, 2.75) is 58.5 Å². The highest BCUT2D eigenvalue weighted by Crippen LogP contribution is 2.25. The fourth-order valence-electron chi connectivity index (χ4n) is 3.88. The van der Waals surface area contributed by atoms with Crippen molar-refractivity contribution in [2.24, 2.45) is 5.41 Å². The van der Waals surface area contributed by atoms with Gasteiger partial charge in [0.15, 0.2) is 0 Å². The maximum absolute atomic E-state index is 13.0. The first kappa shape index (κ1) is 28.1. The molecule has 1 aliphatic rings. The van der Waals surface area contributed by atoms with Crippen molar-refractivity contribution in [3.63, 3.8) is 0 Å². The van der Waals surface area contributed by atoms with Crippen LogP contribution in [0.1, 0.15) is 56.8 Å². The standard InChI is InChI=1S/C25H38N4O6/c1-25(2,3)22(24(33)29-12-7-8-18(29)15-30)28-21(31)16-35-13-6-5-11-27-23(32)17-9-10-19(26)20(14-17)34-4/h9-10,14-15,18,22H,5-8,11-13,16,26H2,1-4H3,(H,27,32)(H,28,31)/t18-,22+/m0/s1. The number of nitrogen functional groups attached to an aromatic ring is 1. The maximum Gasteiger partial charge on any atom is 0.251 e. The zero-order valence-electron chi connectivity index (χ0n) is 21.1. The summed E-state index contributed by atoms with van der Waals surface area (Å²) in [6.45, 7) is 6.76. The molecular weight excluding hydrogens is 452 g/mol. The number of nitrogens with one attached hydrogen (secondary N) is 2. The van der Waals surface area contributed by atoms with Crippen LogP contribution >= 0.6 is 0 Å². The van der Waals surface area contributed by atoms with Gasteiger partial charge in [-0.2, -0.15) is 0 Å². The van der Waals surface area contributed by atoms with E-state index in [0.717, 1.165) is 12.7 Å². The van der Waals surface area contributed by atoms with Gasteiger partial charge in [0.1, 0.15) is 24.7 Å². The molecule has 194 valence electrons. The number of benzene rings is 1. The smallest absolute Gasteiger partial charge is 0.251 e. The van der Waals surface area contributed by atoms with Crippen LogP contribution in [0.5, 0.6) is 5.75 Å². The molecule has 10 nitrogen and oxygen atoms in total. The van der Waals surface area contributed by atoms with Gasteiger partial charge in [0.2, 0.25) is 11.8 Å². The van der Waals surface area contributed by atoms with E-state index in [4.69, 9.17) is 15.2 Å². The third-order valence-electron chi connectivity index (χ3n) is 5.89. The van der Waals surface area contributed by atoms with Crippen LogP contribution in [0, 0.1) is 5.41 Å². The van der Waals surface area contributed by atoms with Crippen molar-refractivity contribution in [3.05, 3.63) is 23.8 Å². The molecule has 0 saturated carbocycles. The third kappa shape index (κ3) is 8.24. The van der Waals surface area contributed by atoms with Crippen LogP contribution in [0.15, 0.2) is 18.2 Å². The topological polar surface area (TPSA) is 140 Å². The van der Waals surface area contributed by atoms with E-state index in [0.29, 0.717) is 56.0 Å². The molecule has 1 fully saturated rings. The van der Waals surface area contributed by atoms with Crippen LogP contribution < -0.4 is 21.1 Å². The molecule has 0 aromatic heterocycles. The SMILES string of the molecule is COc1cc(C(=O)NCCCCOCC(=O)N[C@H](C(=O)N2CCC[C@H]2C=O)C(C)(C)C)ccc1N. The molecule has 0 spiro atoms. The number of ether oxygens (including phenoxy) is 2. The van der Waals surface area contributed by atoms with E-state index >= 15 is 0 Å². The fourth-order valence-corrected chi connectivity index (χ4v) is 3.88. The van der Waals surface area contributed by atoms with Crippen molar-refractivity contribution in [1.82, 2.24) is 15.5 Å². The summed E-state index contributed by atoms with van der Waals surface area (Å²) in [6.07, 6.45) is 3.54. The maximum atomic E-state index is 13.0. The zero-order chi connectivity index (χ0) is 26.0. The van der Waals surface area contributed by atoms with Crippen LogP contribution in [0.4, 0.5) is 5.69 Å². The largest absolute Gasteiger partial charge is 0.495 e. The highest BCUT2D eigenvalue weighted by atomic mass is 16.5.